The number of likely N-dealkylation sites (tertiary alicyclic amines) is 1. The second-order valence-corrected chi connectivity index (χ2v) is 11.7. The highest BCUT2D eigenvalue weighted by Crippen LogP contribution is 2.61. The first-order chi connectivity index (χ1) is 16.9. The van der Waals surface area contributed by atoms with Gasteiger partial charge in [0.05, 0.1) is 29.2 Å². The minimum absolute atomic E-state index is 0.141. The third-order valence-corrected chi connectivity index (χ3v) is 9.24. The van der Waals surface area contributed by atoms with Gasteiger partial charge in [-0.1, -0.05) is 68.5 Å². The Morgan fingerprint density at radius 2 is 1.91 bits per heavy atom. The van der Waals surface area contributed by atoms with Crippen LogP contribution < -0.4 is 0 Å². The van der Waals surface area contributed by atoms with Crippen LogP contribution >= 0.6 is 11.8 Å². The van der Waals surface area contributed by atoms with Crippen molar-refractivity contribution >= 4 is 29.5 Å². The molecule has 0 radical (unpaired) electrons. The molecule has 0 aromatic heterocycles. The van der Waals surface area contributed by atoms with Crippen LogP contribution in [0, 0.1) is 17.8 Å². The van der Waals surface area contributed by atoms with Gasteiger partial charge in [0.25, 0.3) is 0 Å². The van der Waals surface area contributed by atoms with Crippen molar-refractivity contribution in [2.45, 2.75) is 48.9 Å². The average Bonchev–Trinajstić information content (AvgIpc) is 3.15. The number of esters is 1. The number of amides is 2. The van der Waals surface area contributed by atoms with Gasteiger partial charge in [-0.2, -0.15) is 0 Å². The van der Waals surface area contributed by atoms with E-state index in [4.69, 9.17) is 4.74 Å². The summed E-state index contributed by atoms with van der Waals surface area (Å²) in [6.45, 7) is 4.88. The van der Waals surface area contributed by atoms with Crippen molar-refractivity contribution in [1.82, 2.24) is 9.80 Å². The first-order valence-electron chi connectivity index (χ1n) is 12.3. The molecule has 1 unspecified atom stereocenters. The molecule has 0 aliphatic carbocycles. The zero-order valence-electron chi connectivity index (χ0n) is 20.1. The van der Waals surface area contributed by atoms with Crippen molar-refractivity contribution < 1.29 is 24.2 Å². The Labute approximate surface area is 210 Å². The van der Waals surface area contributed by atoms with E-state index in [2.05, 4.69) is 0 Å². The number of nitrogens with zero attached hydrogens (tertiary/aromatic N) is 2. The predicted molar refractivity (Wildman–Crippen MR) is 133 cm³/mol. The van der Waals surface area contributed by atoms with Gasteiger partial charge in [-0.25, -0.2) is 0 Å². The Balaban J connectivity index is 1.59. The molecule has 1 N–H and O–H groups in total. The Morgan fingerprint density at radius 1 is 1.14 bits per heavy atom. The molecule has 2 fully saturated rings. The zero-order chi connectivity index (χ0) is 24.7. The molecule has 6 atom stereocenters. The van der Waals surface area contributed by atoms with Gasteiger partial charge in [-0.3, -0.25) is 14.4 Å². The maximum Gasteiger partial charge on any atom is 0.311 e. The molecule has 1 spiro atoms. The molecule has 0 bridgehead atoms. The maximum absolute atomic E-state index is 14.2. The summed E-state index contributed by atoms with van der Waals surface area (Å²) in [5, 5.41) is 10.1. The van der Waals surface area contributed by atoms with E-state index in [-0.39, 0.29) is 42.2 Å². The Hall–Kier alpha value is -2.58. The fourth-order valence-corrected chi connectivity index (χ4v) is 8.10. The van der Waals surface area contributed by atoms with Crippen LogP contribution in [-0.2, 0) is 25.7 Å². The van der Waals surface area contributed by atoms with Crippen molar-refractivity contribution in [1.29, 1.82) is 0 Å². The van der Waals surface area contributed by atoms with E-state index < -0.39 is 28.7 Å². The van der Waals surface area contributed by atoms with Gasteiger partial charge in [0, 0.05) is 18.3 Å². The second-order valence-electron chi connectivity index (χ2n) is 10.2. The van der Waals surface area contributed by atoms with Crippen molar-refractivity contribution in [2.24, 2.45) is 17.8 Å². The number of rotatable bonds is 6. The number of fused-ring (bicyclic) bond motifs is 2. The first kappa shape index (κ1) is 24.1. The van der Waals surface area contributed by atoms with Crippen LogP contribution in [0.1, 0.15) is 25.8 Å². The first-order valence-corrected chi connectivity index (χ1v) is 13.2. The molecule has 4 heterocycles. The quantitative estimate of drug-likeness (QED) is 0.481. The molecule has 4 aliphatic heterocycles. The van der Waals surface area contributed by atoms with Gasteiger partial charge in [0.15, 0.2) is 0 Å². The lowest BCUT2D eigenvalue weighted by Gasteiger charge is -2.39. The van der Waals surface area contributed by atoms with Gasteiger partial charge < -0.3 is 19.6 Å². The molecule has 8 heteroatoms. The number of ether oxygens (including phenoxy) is 1. The summed E-state index contributed by atoms with van der Waals surface area (Å²) < 4.78 is 4.53. The summed E-state index contributed by atoms with van der Waals surface area (Å²) in [5.74, 6) is -1.91. The molecule has 1 aromatic carbocycles. The summed E-state index contributed by atoms with van der Waals surface area (Å²) in [5.41, 5.74) is 1.01. The summed E-state index contributed by atoms with van der Waals surface area (Å²) in [6, 6.07) is 8.50. The number of benzene rings is 1. The summed E-state index contributed by atoms with van der Waals surface area (Å²) in [6.07, 6.45) is 8.30. The number of hydrogen-bond donors (Lipinski definition) is 1. The highest BCUT2D eigenvalue weighted by molar-refractivity contribution is 8.02. The van der Waals surface area contributed by atoms with Crippen LogP contribution in [-0.4, -0.2) is 74.5 Å². The van der Waals surface area contributed by atoms with Crippen molar-refractivity contribution in [3.8, 4) is 0 Å². The highest BCUT2D eigenvalue weighted by Gasteiger charge is 2.71. The fourth-order valence-electron chi connectivity index (χ4n) is 6.11. The summed E-state index contributed by atoms with van der Waals surface area (Å²) in [4.78, 5) is 44.8. The van der Waals surface area contributed by atoms with Crippen LogP contribution in [0.4, 0.5) is 0 Å². The molecule has 0 saturated carbocycles. The van der Waals surface area contributed by atoms with E-state index in [1.54, 1.807) is 9.80 Å². The third kappa shape index (κ3) is 4.00. The minimum atomic E-state index is -0.889. The van der Waals surface area contributed by atoms with Crippen LogP contribution in [0.2, 0.25) is 0 Å². The van der Waals surface area contributed by atoms with Crippen LogP contribution in [0.3, 0.4) is 0 Å². The number of hydrogen-bond acceptors (Lipinski definition) is 6. The molecule has 186 valence electrons. The van der Waals surface area contributed by atoms with E-state index in [1.807, 2.05) is 68.5 Å². The average molecular weight is 497 g/mol. The summed E-state index contributed by atoms with van der Waals surface area (Å²) >= 11 is 1.53. The number of aliphatic hydroxyl groups excluding tert-OH is 1. The van der Waals surface area contributed by atoms with Crippen LogP contribution in [0.25, 0.3) is 0 Å². The van der Waals surface area contributed by atoms with Crippen LogP contribution in [0.5, 0.6) is 0 Å². The Bertz CT molecular complexity index is 1060. The number of carbonyl (C=O) groups excluding carboxylic acids is 3. The standard InChI is InChI=1S/C27H32N2O5S/c1-17(2)14-19(16-30)29-23-25(32)28(15-18-8-4-3-5-9-18)12-7-11-27(23)22(24(29)31)21-20(35-27)10-6-13-34-26(21)33/h3-11,17,19-23,30H,12-16H2,1-2H3/t19-,20-,21+,22+,23?,27+/m1/s1. The molecule has 35 heavy (non-hydrogen) atoms. The number of cyclic esters (lactones) is 1. The second kappa shape index (κ2) is 9.47. The molecule has 7 nitrogen and oxygen atoms in total. The van der Waals surface area contributed by atoms with Gasteiger partial charge in [-0.05, 0) is 17.9 Å². The van der Waals surface area contributed by atoms with Crippen molar-refractivity contribution in [2.75, 3.05) is 19.8 Å². The molecule has 5 rings (SSSR count). The van der Waals surface area contributed by atoms with Crippen molar-refractivity contribution in [3.05, 3.63) is 60.2 Å². The lowest BCUT2D eigenvalue weighted by atomic mass is 9.78. The molecule has 1 aromatic rings. The molecular weight excluding hydrogens is 464 g/mol. The van der Waals surface area contributed by atoms with E-state index in [1.165, 1.54) is 11.8 Å². The number of thioether (sulfide) groups is 1. The highest BCUT2D eigenvalue weighted by atomic mass is 32.2. The molecule has 2 amide bonds. The van der Waals surface area contributed by atoms with E-state index >= 15 is 0 Å². The SMILES string of the molecule is CC(C)C[C@H](CO)N1C(=O)[C@@H]2[C@H]3C(=O)OCC=C[C@H]3S[C@@]23C=CCN(Cc2ccccc2)C(=O)C13. The Morgan fingerprint density at radius 3 is 2.63 bits per heavy atom. The van der Waals surface area contributed by atoms with Gasteiger partial charge in [0.1, 0.15) is 12.6 Å². The number of carbonyl (C=O) groups is 3. The normalized spacial score (nSPS) is 32.7. The van der Waals surface area contributed by atoms with E-state index in [9.17, 15) is 19.5 Å². The zero-order valence-corrected chi connectivity index (χ0v) is 20.9. The summed E-state index contributed by atoms with van der Waals surface area (Å²) in [7, 11) is 0. The maximum atomic E-state index is 14.2. The van der Waals surface area contributed by atoms with E-state index in [0.717, 1.165) is 5.56 Å². The third-order valence-electron chi connectivity index (χ3n) is 7.50. The van der Waals surface area contributed by atoms with Gasteiger partial charge >= 0.3 is 5.97 Å². The smallest absolute Gasteiger partial charge is 0.311 e. The van der Waals surface area contributed by atoms with Gasteiger partial charge in [-0.15, -0.1) is 11.8 Å². The molecular formula is C27H32N2O5S. The molecule has 2 saturated heterocycles. The topological polar surface area (TPSA) is 87.2 Å². The Kier molecular flexibility index (Phi) is 6.53. The molecule has 4 aliphatic rings. The van der Waals surface area contributed by atoms with Gasteiger partial charge in [0.2, 0.25) is 11.8 Å². The van der Waals surface area contributed by atoms with Crippen LogP contribution in [0.15, 0.2) is 54.6 Å². The minimum Gasteiger partial charge on any atom is -0.461 e. The predicted octanol–water partition coefficient (Wildman–Crippen LogP) is 2.40. The number of aliphatic hydroxyl groups is 1. The van der Waals surface area contributed by atoms with E-state index in [0.29, 0.717) is 19.5 Å². The van der Waals surface area contributed by atoms with Crippen molar-refractivity contribution in [3.63, 3.8) is 0 Å². The lowest BCUT2D eigenvalue weighted by molar-refractivity contribution is -0.152. The lowest BCUT2D eigenvalue weighted by Crippen LogP contribution is -2.56. The largest absolute Gasteiger partial charge is 0.461 e. The monoisotopic (exact) mass is 496 g/mol. The fraction of sp³-hybridized carbons (Fsp3) is 0.519.